The second kappa shape index (κ2) is 5.92. The molecule has 4 nitrogen and oxygen atoms in total. The highest BCUT2D eigenvalue weighted by Crippen LogP contribution is 2.13. The van der Waals surface area contributed by atoms with Crippen molar-refractivity contribution in [2.45, 2.75) is 31.8 Å². The van der Waals surface area contributed by atoms with Crippen LogP contribution in [0.5, 0.6) is 0 Å². The van der Waals surface area contributed by atoms with Gasteiger partial charge in [-0.2, -0.15) is 0 Å². The Morgan fingerprint density at radius 3 is 3.12 bits per heavy atom. The average molecular weight is 220 g/mol. The lowest BCUT2D eigenvalue weighted by molar-refractivity contribution is 0.214. The number of rotatable bonds is 3. The van der Waals surface area contributed by atoms with Gasteiger partial charge in [0.2, 0.25) is 0 Å². The molecule has 1 aromatic heterocycles. The lowest BCUT2D eigenvalue weighted by Gasteiger charge is -2.26. The van der Waals surface area contributed by atoms with E-state index < -0.39 is 0 Å². The Morgan fingerprint density at radius 1 is 1.38 bits per heavy atom. The third-order valence-electron chi connectivity index (χ3n) is 3.20. The average Bonchev–Trinajstić information content (AvgIpc) is 2.59. The van der Waals surface area contributed by atoms with Gasteiger partial charge in [0, 0.05) is 31.2 Å². The largest absolute Gasteiger partial charge is 0.317 e. The first-order valence-corrected chi connectivity index (χ1v) is 6.02. The molecule has 0 spiro atoms. The zero-order valence-corrected chi connectivity index (χ0v) is 9.89. The number of nitrogens with zero attached hydrogens (tertiary/aromatic N) is 3. The normalized spacial score (nSPS) is 22.0. The van der Waals surface area contributed by atoms with Crippen molar-refractivity contribution in [2.24, 2.45) is 0 Å². The summed E-state index contributed by atoms with van der Waals surface area (Å²) in [5.41, 5.74) is 1.06. The minimum atomic E-state index is 0.678. The van der Waals surface area contributed by atoms with Crippen molar-refractivity contribution in [1.82, 2.24) is 20.2 Å². The molecule has 1 N–H and O–H groups in total. The molecule has 16 heavy (non-hydrogen) atoms. The summed E-state index contributed by atoms with van der Waals surface area (Å²) in [5.74, 6) is 0. The van der Waals surface area contributed by atoms with Gasteiger partial charge in [0.05, 0.1) is 5.69 Å². The van der Waals surface area contributed by atoms with Crippen LogP contribution in [-0.2, 0) is 6.54 Å². The summed E-state index contributed by atoms with van der Waals surface area (Å²) in [6, 6.07) is 0.678. The molecule has 1 aliphatic rings. The number of hydrogen-bond acceptors (Lipinski definition) is 4. The lowest BCUT2D eigenvalue weighted by atomic mass is 10.1. The molecule has 2 heterocycles. The highest BCUT2D eigenvalue weighted by molar-refractivity contribution is 4.94. The molecular formula is C12H20N4. The van der Waals surface area contributed by atoms with Crippen LogP contribution in [-0.4, -0.2) is 41.0 Å². The zero-order chi connectivity index (χ0) is 11.2. The first-order chi connectivity index (χ1) is 7.86. The molecule has 0 aromatic carbocycles. The number of hydrogen-bond donors (Lipinski definition) is 1. The van der Waals surface area contributed by atoms with Crippen molar-refractivity contribution in [2.75, 3.05) is 20.1 Å². The molecule has 2 rings (SSSR count). The quantitative estimate of drug-likeness (QED) is 0.826. The summed E-state index contributed by atoms with van der Waals surface area (Å²) < 4.78 is 0. The van der Waals surface area contributed by atoms with E-state index in [-0.39, 0.29) is 0 Å². The van der Waals surface area contributed by atoms with Gasteiger partial charge >= 0.3 is 0 Å². The summed E-state index contributed by atoms with van der Waals surface area (Å²) in [7, 11) is 2.19. The monoisotopic (exact) mass is 220 g/mol. The van der Waals surface area contributed by atoms with Gasteiger partial charge in [-0.3, -0.25) is 14.9 Å². The molecule has 1 unspecified atom stereocenters. The second-order valence-electron chi connectivity index (χ2n) is 4.45. The van der Waals surface area contributed by atoms with Crippen molar-refractivity contribution < 1.29 is 0 Å². The van der Waals surface area contributed by atoms with Crippen LogP contribution in [0.1, 0.15) is 25.0 Å². The second-order valence-corrected chi connectivity index (χ2v) is 4.45. The molecule has 1 aliphatic heterocycles. The van der Waals surface area contributed by atoms with Crippen LogP contribution in [0.2, 0.25) is 0 Å². The zero-order valence-electron chi connectivity index (χ0n) is 9.89. The first-order valence-electron chi connectivity index (χ1n) is 6.02. The summed E-state index contributed by atoms with van der Waals surface area (Å²) in [6.45, 7) is 3.20. The maximum atomic E-state index is 4.32. The molecule has 1 atom stereocenters. The molecule has 0 saturated carbocycles. The van der Waals surface area contributed by atoms with Crippen LogP contribution >= 0.6 is 0 Å². The van der Waals surface area contributed by atoms with E-state index in [2.05, 4.69) is 27.2 Å². The smallest absolute Gasteiger partial charge is 0.0726 e. The Bertz CT molecular complexity index is 293. The molecule has 1 fully saturated rings. The Kier molecular flexibility index (Phi) is 4.25. The standard InChI is InChI=1S/C12H20N4/c1-16(10-11-9-14-7-8-15-11)12-3-2-5-13-6-4-12/h7-9,12-13H,2-6,10H2,1H3. The third-order valence-corrected chi connectivity index (χ3v) is 3.20. The topological polar surface area (TPSA) is 41.1 Å². The highest BCUT2D eigenvalue weighted by Gasteiger charge is 2.16. The fraction of sp³-hybridized carbons (Fsp3) is 0.667. The van der Waals surface area contributed by atoms with Crippen LogP contribution in [0.25, 0.3) is 0 Å². The summed E-state index contributed by atoms with van der Waals surface area (Å²) in [4.78, 5) is 10.8. The predicted molar refractivity (Wildman–Crippen MR) is 64.0 cm³/mol. The van der Waals surface area contributed by atoms with E-state index in [0.717, 1.165) is 25.3 Å². The van der Waals surface area contributed by atoms with Crippen molar-refractivity contribution >= 4 is 0 Å². The van der Waals surface area contributed by atoms with Crippen molar-refractivity contribution in [3.63, 3.8) is 0 Å². The fourth-order valence-corrected chi connectivity index (χ4v) is 2.24. The van der Waals surface area contributed by atoms with Crippen LogP contribution in [0.3, 0.4) is 0 Å². The van der Waals surface area contributed by atoms with E-state index in [1.807, 2.05) is 6.20 Å². The number of aromatic nitrogens is 2. The Hall–Kier alpha value is -1.00. The first kappa shape index (κ1) is 11.5. The van der Waals surface area contributed by atoms with Crippen LogP contribution in [0, 0.1) is 0 Å². The molecule has 4 heteroatoms. The number of nitrogens with one attached hydrogen (secondary N) is 1. The Labute approximate surface area is 97.1 Å². The minimum absolute atomic E-state index is 0.678. The van der Waals surface area contributed by atoms with E-state index in [4.69, 9.17) is 0 Å². The molecule has 1 saturated heterocycles. The van der Waals surface area contributed by atoms with E-state index in [1.165, 1.54) is 19.3 Å². The summed E-state index contributed by atoms with van der Waals surface area (Å²) in [6.07, 6.45) is 9.12. The Morgan fingerprint density at radius 2 is 2.31 bits per heavy atom. The lowest BCUT2D eigenvalue weighted by Crippen LogP contribution is -2.32. The maximum absolute atomic E-state index is 4.32. The van der Waals surface area contributed by atoms with Crippen molar-refractivity contribution in [1.29, 1.82) is 0 Å². The van der Waals surface area contributed by atoms with Gasteiger partial charge < -0.3 is 5.32 Å². The molecule has 1 aromatic rings. The Balaban J connectivity index is 1.89. The highest BCUT2D eigenvalue weighted by atomic mass is 15.1. The van der Waals surface area contributed by atoms with Gasteiger partial charge in [-0.1, -0.05) is 0 Å². The minimum Gasteiger partial charge on any atom is -0.317 e. The summed E-state index contributed by atoms with van der Waals surface area (Å²) in [5, 5.41) is 3.44. The SMILES string of the molecule is CN(Cc1cnccn1)C1CCCNCC1. The van der Waals surface area contributed by atoms with Crippen LogP contribution in [0.4, 0.5) is 0 Å². The van der Waals surface area contributed by atoms with Crippen LogP contribution in [0.15, 0.2) is 18.6 Å². The molecule has 0 aliphatic carbocycles. The van der Waals surface area contributed by atoms with E-state index in [9.17, 15) is 0 Å². The van der Waals surface area contributed by atoms with Gasteiger partial charge in [0.15, 0.2) is 0 Å². The van der Waals surface area contributed by atoms with Gasteiger partial charge in [-0.15, -0.1) is 0 Å². The van der Waals surface area contributed by atoms with E-state index >= 15 is 0 Å². The predicted octanol–water partition coefficient (Wildman–Crippen LogP) is 1.05. The van der Waals surface area contributed by atoms with Crippen molar-refractivity contribution in [3.05, 3.63) is 24.3 Å². The maximum Gasteiger partial charge on any atom is 0.0726 e. The fourth-order valence-electron chi connectivity index (χ4n) is 2.24. The third kappa shape index (κ3) is 3.25. The van der Waals surface area contributed by atoms with E-state index in [1.54, 1.807) is 12.4 Å². The van der Waals surface area contributed by atoms with Gasteiger partial charge in [0.25, 0.3) is 0 Å². The van der Waals surface area contributed by atoms with Crippen LogP contribution < -0.4 is 5.32 Å². The van der Waals surface area contributed by atoms with Gasteiger partial charge in [0.1, 0.15) is 0 Å². The molecule has 0 bridgehead atoms. The molecular weight excluding hydrogens is 200 g/mol. The van der Waals surface area contributed by atoms with E-state index in [0.29, 0.717) is 6.04 Å². The summed E-state index contributed by atoms with van der Waals surface area (Å²) >= 11 is 0. The molecule has 0 amide bonds. The van der Waals surface area contributed by atoms with Gasteiger partial charge in [-0.25, -0.2) is 0 Å². The van der Waals surface area contributed by atoms with Crippen molar-refractivity contribution in [3.8, 4) is 0 Å². The molecule has 88 valence electrons. The van der Waals surface area contributed by atoms with Gasteiger partial charge in [-0.05, 0) is 39.4 Å². The molecule has 0 radical (unpaired) electrons.